The second-order valence-corrected chi connectivity index (χ2v) is 7.82. The average molecular weight is 413 g/mol. The lowest BCUT2D eigenvalue weighted by Crippen LogP contribution is -1.94. The minimum absolute atomic E-state index is 0.0217. The SMILES string of the molecule is O=[N+]([O-])c1cccc(-c2cc3ccccc3c(Nc3nc4ccccc4s3)c2O)c1. The number of non-ortho nitro benzene ring substituents is 1. The molecular formula is C23H15N3O3S. The first-order valence-electron chi connectivity index (χ1n) is 9.22. The van der Waals surface area contributed by atoms with E-state index in [2.05, 4.69) is 10.3 Å². The number of nitrogens with zero attached hydrogens (tertiary/aromatic N) is 2. The highest BCUT2D eigenvalue weighted by atomic mass is 32.1. The minimum atomic E-state index is -0.443. The number of hydrogen-bond donors (Lipinski definition) is 2. The van der Waals surface area contributed by atoms with Gasteiger partial charge in [0.25, 0.3) is 5.69 Å². The van der Waals surface area contributed by atoms with Gasteiger partial charge in [-0.3, -0.25) is 10.1 Å². The van der Waals surface area contributed by atoms with Crippen molar-refractivity contribution in [2.75, 3.05) is 5.32 Å². The molecule has 1 aromatic heterocycles. The molecule has 0 saturated heterocycles. The van der Waals surface area contributed by atoms with Crippen LogP contribution in [0.2, 0.25) is 0 Å². The predicted octanol–water partition coefficient (Wildman–Crippen LogP) is 6.47. The topological polar surface area (TPSA) is 88.3 Å². The van der Waals surface area contributed by atoms with Gasteiger partial charge in [-0.25, -0.2) is 4.98 Å². The summed E-state index contributed by atoms with van der Waals surface area (Å²) in [4.78, 5) is 15.4. The Morgan fingerprint density at radius 3 is 2.60 bits per heavy atom. The number of nitrogens with one attached hydrogen (secondary N) is 1. The zero-order valence-electron chi connectivity index (χ0n) is 15.6. The Labute approximate surface area is 175 Å². The zero-order valence-corrected chi connectivity index (χ0v) is 16.4. The molecule has 0 aliphatic heterocycles. The lowest BCUT2D eigenvalue weighted by Gasteiger charge is -2.14. The van der Waals surface area contributed by atoms with Crippen molar-refractivity contribution in [1.82, 2.24) is 4.98 Å². The second-order valence-electron chi connectivity index (χ2n) is 6.79. The summed E-state index contributed by atoms with van der Waals surface area (Å²) in [6.07, 6.45) is 0. The molecule has 4 aromatic carbocycles. The largest absolute Gasteiger partial charge is 0.505 e. The number of nitro benzene ring substituents is 1. The highest BCUT2D eigenvalue weighted by molar-refractivity contribution is 7.22. The number of fused-ring (bicyclic) bond motifs is 2. The van der Waals surface area contributed by atoms with Crippen LogP contribution in [0.25, 0.3) is 32.1 Å². The molecule has 0 aliphatic rings. The minimum Gasteiger partial charge on any atom is -0.505 e. The molecule has 1 heterocycles. The molecule has 0 bridgehead atoms. The first kappa shape index (κ1) is 18.1. The van der Waals surface area contributed by atoms with Gasteiger partial charge >= 0.3 is 0 Å². The summed E-state index contributed by atoms with van der Waals surface area (Å²) >= 11 is 1.49. The summed E-state index contributed by atoms with van der Waals surface area (Å²) in [6.45, 7) is 0. The molecule has 146 valence electrons. The number of nitro groups is 1. The zero-order chi connectivity index (χ0) is 20.7. The fourth-order valence-electron chi connectivity index (χ4n) is 3.50. The quantitative estimate of drug-likeness (QED) is 0.200. The third-order valence-electron chi connectivity index (χ3n) is 4.92. The summed E-state index contributed by atoms with van der Waals surface area (Å²) in [5.74, 6) is 0.0217. The van der Waals surface area contributed by atoms with E-state index in [0.717, 1.165) is 21.0 Å². The number of thiazole rings is 1. The van der Waals surface area contributed by atoms with Crippen LogP contribution in [-0.4, -0.2) is 15.0 Å². The molecule has 6 nitrogen and oxygen atoms in total. The van der Waals surface area contributed by atoms with Crippen LogP contribution >= 0.6 is 11.3 Å². The van der Waals surface area contributed by atoms with E-state index in [4.69, 9.17) is 0 Å². The molecule has 0 spiro atoms. The van der Waals surface area contributed by atoms with Crippen molar-refractivity contribution in [3.63, 3.8) is 0 Å². The number of phenols is 1. The number of rotatable bonds is 4. The maximum Gasteiger partial charge on any atom is 0.270 e. The van der Waals surface area contributed by atoms with Crippen molar-refractivity contribution in [3.8, 4) is 16.9 Å². The molecule has 0 radical (unpaired) electrons. The lowest BCUT2D eigenvalue weighted by molar-refractivity contribution is -0.384. The Hall–Kier alpha value is -3.97. The number of benzene rings is 4. The smallest absolute Gasteiger partial charge is 0.270 e. The molecule has 0 unspecified atom stereocenters. The van der Waals surface area contributed by atoms with Crippen LogP contribution in [0.3, 0.4) is 0 Å². The number of aromatic hydroxyl groups is 1. The van der Waals surface area contributed by atoms with Crippen LogP contribution in [0.5, 0.6) is 5.75 Å². The van der Waals surface area contributed by atoms with Gasteiger partial charge in [-0.05, 0) is 29.1 Å². The van der Waals surface area contributed by atoms with Gasteiger partial charge < -0.3 is 10.4 Å². The third-order valence-corrected chi connectivity index (χ3v) is 5.87. The van der Waals surface area contributed by atoms with E-state index in [9.17, 15) is 15.2 Å². The van der Waals surface area contributed by atoms with Crippen LogP contribution in [-0.2, 0) is 0 Å². The maximum absolute atomic E-state index is 11.2. The number of hydrogen-bond acceptors (Lipinski definition) is 6. The maximum atomic E-state index is 11.2. The summed E-state index contributed by atoms with van der Waals surface area (Å²) in [6, 6.07) is 23.6. The normalized spacial score (nSPS) is 11.1. The van der Waals surface area contributed by atoms with Crippen molar-refractivity contribution < 1.29 is 10.0 Å². The third kappa shape index (κ3) is 3.11. The van der Waals surface area contributed by atoms with Crippen LogP contribution in [0.15, 0.2) is 78.9 Å². The Bertz CT molecular complexity index is 1400. The molecule has 5 aromatic rings. The molecule has 7 heteroatoms. The van der Waals surface area contributed by atoms with Crippen molar-refractivity contribution in [1.29, 1.82) is 0 Å². The first-order valence-corrected chi connectivity index (χ1v) is 10.0. The number of para-hydroxylation sites is 1. The number of aromatic nitrogens is 1. The fourth-order valence-corrected chi connectivity index (χ4v) is 4.37. The molecular weight excluding hydrogens is 398 g/mol. The van der Waals surface area contributed by atoms with Crippen molar-refractivity contribution in [2.45, 2.75) is 0 Å². The summed E-state index contributed by atoms with van der Waals surface area (Å²) in [5.41, 5.74) is 2.46. The van der Waals surface area contributed by atoms with Crippen LogP contribution in [0.1, 0.15) is 0 Å². The Morgan fingerprint density at radius 1 is 0.967 bits per heavy atom. The monoisotopic (exact) mass is 413 g/mol. The van der Waals surface area contributed by atoms with Gasteiger partial charge in [0.2, 0.25) is 0 Å². The standard InChI is InChI=1S/C23H15N3O3S/c27-22-18(14-7-5-8-16(12-14)26(28)29)13-15-6-1-2-9-17(15)21(22)25-23-24-19-10-3-4-11-20(19)30-23/h1-13,27H,(H,24,25). The first-order chi connectivity index (χ1) is 14.6. The summed E-state index contributed by atoms with van der Waals surface area (Å²) < 4.78 is 1.04. The van der Waals surface area contributed by atoms with Crippen LogP contribution in [0.4, 0.5) is 16.5 Å². The highest BCUT2D eigenvalue weighted by Gasteiger charge is 2.17. The van der Waals surface area contributed by atoms with E-state index in [1.807, 2.05) is 54.6 Å². The average Bonchev–Trinajstić information content (AvgIpc) is 3.18. The number of anilines is 2. The predicted molar refractivity (Wildman–Crippen MR) is 121 cm³/mol. The highest BCUT2D eigenvalue weighted by Crippen LogP contribution is 2.44. The van der Waals surface area contributed by atoms with Gasteiger partial charge in [0, 0.05) is 23.1 Å². The van der Waals surface area contributed by atoms with Crippen molar-refractivity contribution in [3.05, 3.63) is 89.0 Å². The van der Waals surface area contributed by atoms with E-state index in [0.29, 0.717) is 21.9 Å². The Kier molecular flexibility index (Phi) is 4.30. The van der Waals surface area contributed by atoms with Gasteiger partial charge in [-0.1, -0.05) is 59.9 Å². The van der Waals surface area contributed by atoms with Crippen LogP contribution in [0, 0.1) is 10.1 Å². The molecule has 30 heavy (non-hydrogen) atoms. The van der Waals surface area contributed by atoms with Gasteiger partial charge in [0.05, 0.1) is 20.8 Å². The molecule has 0 atom stereocenters. The molecule has 0 amide bonds. The van der Waals surface area contributed by atoms with E-state index in [-0.39, 0.29) is 11.4 Å². The molecule has 0 aliphatic carbocycles. The molecule has 5 rings (SSSR count). The molecule has 2 N–H and O–H groups in total. The fraction of sp³-hybridized carbons (Fsp3) is 0. The van der Waals surface area contributed by atoms with Crippen LogP contribution < -0.4 is 5.32 Å². The van der Waals surface area contributed by atoms with E-state index < -0.39 is 4.92 Å². The summed E-state index contributed by atoms with van der Waals surface area (Å²) in [7, 11) is 0. The lowest BCUT2D eigenvalue weighted by atomic mass is 9.98. The molecule has 0 fully saturated rings. The van der Waals surface area contributed by atoms with Gasteiger partial charge in [-0.15, -0.1) is 0 Å². The van der Waals surface area contributed by atoms with Gasteiger partial charge in [0.1, 0.15) is 5.75 Å². The van der Waals surface area contributed by atoms with Crippen molar-refractivity contribution in [2.24, 2.45) is 0 Å². The van der Waals surface area contributed by atoms with Gasteiger partial charge in [0.15, 0.2) is 5.13 Å². The number of phenolic OH excluding ortho intramolecular Hbond substituents is 1. The Morgan fingerprint density at radius 2 is 1.77 bits per heavy atom. The van der Waals surface area contributed by atoms with E-state index in [1.165, 1.54) is 23.5 Å². The van der Waals surface area contributed by atoms with Gasteiger partial charge in [-0.2, -0.15) is 0 Å². The van der Waals surface area contributed by atoms with Crippen molar-refractivity contribution >= 4 is 48.8 Å². The van der Waals surface area contributed by atoms with E-state index >= 15 is 0 Å². The Balaban J connectivity index is 1.69. The van der Waals surface area contributed by atoms with E-state index in [1.54, 1.807) is 12.1 Å². The summed E-state index contributed by atoms with van der Waals surface area (Å²) in [5, 5.41) is 28.0. The molecule has 0 saturated carbocycles. The second kappa shape index (κ2) is 7.13.